The summed E-state index contributed by atoms with van der Waals surface area (Å²) in [5.41, 5.74) is -1.71. The van der Waals surface area contributed by atoms with E-state index in [0.29, 0.717) is 26.2 Å². The van der Waals surface area contributed by atoms with Crippen LogP contribution in [0.5, 0.6) is 0 Å². The summed E-state index contributed by atoms with van der Waals surface area (Å²) < 4.78 is 48.7. The first-order valence-electron chi connectivity index (χ1n) is 8.52. The number of piperazine rings is 1. The van der Waals surface area contributed by atoms with Crippen LogP contribution in [0.3, 0.4) is 0 Å². The molecular weight excluding hydrogens is 363 g/mol. The number of aromatic nitrogens is 1. The molecule has 2 heterocycles. The molecule has 1 aromatic heterocycles. The quantitative estimate of drug-likeness (QED) is 0.754. The Morgan fingerprint density at radius 3 is 2.48 bits per heavy atom. The normalized spacial score (nSPS) is 15.4. The number of aryl methyl sites for hydroxylation is 1. The van der Waals surface area contributed by atoms with E-state index in [0.717, 1.165) is 23.9 Å². The summed E-state index contributed by atoms with van der Waals surface area (Å²) in [6, 6.07) is 0.912. The molecule has 1 saturated heterocycles. The molecule has 0 spiro atoms. The lowest BCUT2D eigenvalue weighted by Gasteiger charge is -2.34. The zero-order chi connectivity index (χ0) is 19.7. The maximum atomic E-state index is 15.3. The number of fused-ring (bicyclic) bond motifs is 1. The van der Waals surface area contributed by atoms with Crippen molar-refractivity contribution in [2.75, 3.05) is 51.9 Å². The van der Waals surface area contributed by atoms with Crippen molar-refractivity contribution >= 4 is 22.6 Å². The van der Waals surface area contributed by atoms with Crippen molar-refractivity contribution in [3.05, 3.63) is 39.7 Å². The Labute approximate surface area is 153 Å². The topological polar surface area (TPSA) is 54.8 Å². The van der Waals surface area contributed by atoms with Crippen molar-refractivity contribution in [1.82, 2.24) is 9.47 Å². The lowest BCUT2D eigenvalue weighted by Crippen LogP contribution is -2.45. The van der Waals surface area contributed by atoms with Gasteiger partial charge in [0.15, 0.2) is 5.82 Å². The lowest BCUT2D eigenvalue weighted by molar-refractivity contribution is 0.0598. The molecule has 3 rings (SSSR count). The first kappa shape index (κ1) is 19.2. The number of likely N-dealkylation sites (N-methyl/N-ethyl adjacent to an activating group) is 1. The molecule has 0 atom stereocenters. The molecule has 27 heavy (non-hydrogen) atoms. The van der Waals surface area contributed by atoms with Crippen molar-refractivity contribution < 1.29 is 22.7 Å². The van der Waals surface area contributed by atoms with Crippen LogP contribution in [0.4, 0.5) is 18.9 Å². The third-order valence-corrected chi connectivity index (χ3v) is 4.78. The number of rotatable bonds is 4. The van der Waals surface area contributed by atoms with Gasteiger partial charge in [-0.2, -0.15) is 0 Å². The Morgan fingerprint density at radius 2 is 1.89 bits per heavy atom. The smallest absolute Gasteiger partial charge is 0.343 e. The SMILES string of the molecule is COC(=O)c1cn(CCF)c2c(F)c(N3CCN(C)CC3)c(F)cc2c1=O. The second kappa shape index (κ2) is 7.59. The number of halogens is 3. The van der Waals surface area contributed by atoms with Gasteiger partial charge in [-0.3, -0.25) is 4.79 Å². The molecule has 1 fully saturated rings. The minimum Gasteiger partial charge on any atom is -0.465 e. The van der Waals surface area contributed by atoms with Crippen LogP contribution in [0.1, 0.15) is 10.4 Å². The van der Waals surface area contributed by atoms with E-state index < -0.39 is 35.3 Å². The zero-order valence-electron chi connectivity index (χ0n) is 15.1. The standard InChI is InChI=1S/C18H20F3N3O3/c1-22-5-7-23(8-6-22)16-13(20)9-11-15(14(16)21)24(4-3-19)10-12(17(11)25)18(26)27-2/h9-10H,3-8H2,1-2H3. The summed E-state index contributed by atoms with van der Waals surface area (Å²) in [4.78, 5) is 28.0. The van der Waals surface area contributed by atoms with Gasteiger partial charge >= 0.3 is 5.97 Å². The number of carbonyl (C=O) groups is 1. The molecule has 0 radical (unpaired) electrons. The maximum absolute atomic E-state index is 15.3. The van der Waals surface area contributed by atoms with E-state index in [2.05, 4.69) is 4.74 Å². The van der Waals surface area contributed by atoms with Gasteiger partial charge in [0.25, 0.3) is 0 Å². The summed E-state index contributed by atoms with van der Waals surface area (Å²) in [6.07, 6.45) is 1.06. The molecule has 1 aliphatic rings. The Balaban J connectivity index is 2.26. The van der Waals surface area contributed by atoms with Crippen molar-refractivity contribution in [3.8, 4) is 0 Å². The molecule has 9 heteroatoms. The highest BCUT2D eigenvalue weighted by atomic mass is 19.1. The molecule has 0 aliphatic carbocycles. The van der Waals surface area contributed by atoms with E-state index in [1.54, 1.807) is 4.90 Å². The van der Waals surface area contributed by atoms with E-state index in [-0.39, 0.29) is 23.1 Å². The fourth-order valence-electron chi connectivity index (χ4n) is 3.32. The highest BCUT2D eigenvalue weighted by molar-refractivity contribution is 5.94. The number of esters is 1. The monoisotopic (exact) mass is 383 g/mol. The van der Waals surface area contributed by atoms with Crippen LogP contribution in [0.15, 0.2) is 17.1 Å². The number of anilines is 1. The predicted octanol–water partition coefficient (Wildman–Crippen LogP) is 1.79. The molecule has 0 saturated carbocycles. The number of benzene rings is 1. The highest BCUT2D eigenvalue weighted by Gasteiger charge is 2.26. The van der Waals surface area contributed by atoms with Crippen LogP contribution >= 0.6 is 0 Å². The van der Waals surface area contributed by atoms with E-state index in [1.807, 2.05) is 11.9 Å². The molecule has 0 unspecified atom stereocenters. The average molecular weight is 383 g/mol. The van der Waals surface area contributed by atoms with Gasteiger partial charge in [0, 0.05) is 32.4 Å². The molecule has 2 aromatic rings. The molecule has 0 bridgehead atoms. The van der Waals surface area contributed by atoms with E-state index in [9.17, 15) is 18.4 Å². The Kier molecular flexibility index (Phi) is 5.41. The average Bonchev–Trinajstić information content (AvgIpc) is 2.65. The van der Waals surface area contributed by atoms with Crippen molar-refractivity contribution in [2.45, 2.75) is 6.54 Å². The van der Waals surface area contributed by atoms with E-state index in [1.165, 1.54) is 0 Å². The van der Waals surface area contributed by atoms with Crippen LogP contribution in [-0.4, -0.2) is 62.4 Å². The Hall–Kier alpha value is -2.55. The highest BCUT2D eigenvalue weighted by Crippen LogP contribution is 2.30. The van der Waals surface area contributed by atoms with Crippen LogP contribution in [-0.2, 0) is 11.3 Å². The molecule has 0 N–H and O–H groups in total. The fraction of sp³-hybridized carbons (Fsp3) is 0.444. The summed E-state index contributed by atoms with van der Waals surface area (Å²) in [7, 11) is 3.00. The molecule has 0 amide bonds. The van der Waals surface area contributed by atoms with Gasteiger partial charge in [-0.05, 0) is 13.1 Å². The van der Waals surface area contributed by atoms with E-state index >= 15 is 4.39 Å². The lowest BCUT2D eigenvalue weighted by atomic mass is 10.1. The summed E-state index contributed by atoms with van der Waals surface area (Å²) >= 11 is 0. The Bertz CT molecular complexity index is 937. The minimum atomic E-state index is -0.946. The molecule has 1 aromatic carbocycles. The van der Waals surface area contributed by atoms with Gasteiger partial charge in [-0.1, -0.05) is 0 Å². The summed E-state index contributed by atoms with van der Waals surface area (Å²) in [5.74, 6) is -2.77. The van der Waals surface area contributed by atoms with Gasteiger partial charge in [0.1, 0.15) is 23.7 Å². The molecule has 146 valence electrons. The maximum Gasteiger partial charge on any atom is 0.343 e. The van der Waals surface area contributed by atoms with E-state index in [4.69, 9.17) is 0 Å². The Morgan fingerprint density at radius 1 is 1.22 bits per heavy atom. The fourth-order valence-corrected chi connectivity index (χ4v) is 3.32. The number of hydrogen-bond donors (Lipinski definition) is 0. The van der Waals surface area contributed by atoms with Crippen LogP contribution < -0.4 is 10.3 Å². The van der Waals surface area contributed by atoms with Crippen molar-refractivity contribution in [1.29, 1.82) is 0 Å². The number of hydrogen-bond acceptors (Lipinski definition) is 5. The van der Waals surface area contributed by atoms with Gasteiger partial charge in [0.2, 0.25) is 5.43 Å². The first-order valence-corrected chi connectivity index (χ1v) is 8.52. The number of ether oxygens (including phenoxy) is 1. The number of nitrogens with zero attached hydrogens (tertiary/aromatic N) is 3. The van der Waals surface area contributed by atoms with Crippen molar-refractivity contribution in [2.24, 2.45) is 0 Å². The van der Waals surface area contributed by atoms with Crippen LogP contribution in [0.25, 0.3) is 10.9 Å². The van der Waals surface area contributed by atoms with Gasteiger partial charge in [0.05, 0.1) is 24.6 Å². The number of alkyl halides is 1. The number of methoxy groups -OCH3 is 1. The second-order valence-corrected chi connectivity index (χ2v) is 6.45. The summed E-state index contributed by atoms with van der Waals surface area (Å²) in [6.45, 7) is 0.975. The molecular formula is C18H20F3N3O3. The number of carbonyl (C=O) groups excluding carboxylic acids is 1. The third kappa shape index (κ3) is 3.39. The minimum absolute atomic E-state index is 0.222. The molecule has 6 nitrogen and oxygen atoms in total. The zero-order valence-corrected chi connectivity index (χ0v) is 15.1. The predicted molar refractivity (Wildman–Crippen MR) is 95.1 cm³/mol. The largest absolute Gasteiger partial charge is 0.465 e. The van der Waals surface area contributed by atoms with Crippen molar-refractivity contribution in [3.63, 3.8) is 0 Å². The first-order chi connectivity index (χ1) is 12.9. The third-order valence-electron chi connectivity index (χ3n) is 4.78. The van der Waals surface area contributed by atoms with Gasteiger partial charge in [-0.25, -0.2) is 18.0 Å². The van der Waals surface area contributed by atoms with Gasteiger partial charge in [-0.15, -0.1) is 0 Å². The molecule has 1 aliphatic heterocycles. The summed E-state index contributed by atoms with van der Waals surface area (Å²) in [5, 5.41) is -0.320. The number of pyridine rings is 1. The van der Waals surface area contributed by atoms with Gasteiger partial charge < -0.3 is 19.1 Å². The van der Waals surface area contributed by atoms with Crippen LogP contribution in [0, 0.1) is 11.6 Å². The second-order valence-electron chi connectivity index (χ2n) is 6.45. The van der Waals surface area contributed by atoms with Crippen LogP contribution in [0.2, 0.25) is 0 Å².